The third-order valence-corrected chi connectivity index (χ3v) is 5.42. The van der Waals surface area contributed by atoms with Crippen molar-refractivity contribution in [1.29, 1.82) is 0 Å². The molecule has 2 N–H and O–H groups in total. The predicted octanol–water partition coefficient (Wildman–Crippen LogP) is 2.10. The second-order valence-corrected chi connectivity index (χ2v) is 7.08. The molecule has 0 spiro atoms. The zero-order valence-corrected chi connectivity index (χ0v) is 15.9. The number of amides is 3. The average molecular weight is 359 g/mol. The van der Waals surface area contributed by atoms with Crippen LogP contribution in [0.1, 0.15) is 56.3 Å². The van der Waals surface area contributed by atoms with E-state index in [1.165, 1.54) is 4.90 Å². The van der Waals surface area contributed by atoms with Gasteiger partial charge in [-0.25, -0.2) is 0 Å². The van der Waals surface area contributed by atoms with Crippen molar-refractivity contribution < 1.29 is 14.4 Å². The predicted molar refractivity (Wildman–Crippen MR) is 101 cm³/mol. The Morgan fingerprint density at radius 1 is 1.15 bits per heavy atom. The van der Waals surface area contributed by atoms with Crippen LogP contribution in [-0.4, -0.2) is 47.8 Å². The highest BCUT2D eigenvalue weighted by molar-refractivity contribution is 5.97. The van der Waals surface area contributed by atoms with Crippen LogP contribution in [0.4, 0.5) is 0 Å². The molecule has 0 aromatic heterocycles. The van der Waals surface area contributed by atoms with Crippen molar-refractivity contribution in [2.45, 2.75) is 57.5 Å². The molecule has 142 valence electrons. The molecule has 1 aliphatic carbocycles. The third-order valence-electron chi connectivity index (χ3n) is 5.42. The van der Waals surface area contributed by atoms with Gasteiger partial charge in [-0.3, -0.25) is 14.4 Å². The Balaban J connectivity index is 1.94. The molecule has 0 saturated heterocycles. The number of likely N-dealkylation sites (N-methyl/N-ethyl adjacent to an activating group) is 1. The number of rotatable bonds is 7. The van der Waals surface area contributed by atoms with Crippen LogP contribution in [0.2, 0.25) is 0 Å². The average Bonchev–Trinajstić information content (AvgIpc) is 3.18. The minimum absolute atomic E-state index is 0.128. The molecule has 0 radical (unpaired) electrons. The number of benzene rings is 1. The van der Waals surface area contributed by atoms with Gasteiger partial charge in [0.25, 0.3) is 5.91 Å². The number of hydrogen-bond donors (Lipinski definition) is 2. The van der Waals surface area contributed by atoms with Crippen molar-refractivity contribution in [3.63, 3.8) is 0 Å². The Labute approximate surface area is 155 Å². The number of nitrogens with zero attached hydrogens (tertiary/aromatic N) is 1. The summed E-state index contributed by atoms with van der Waals surface area (Å²) in [6.45, 7) is 3.52. The Morgan fingerprint density at radius 2 is 1.77 bits per heavy atom. The highest BCUT2D eigenvalue weighted by Gasteiger charge is 2.39. The molecule has 0 heterocycles. The first-order valence-corrected chi connectivity index (χ1v) is 9.29. The van der Waals surface area contributed by atoms with Gasteiger partial charge in [0.05, 0.1) is 6.54 Å². The van der Waals surface area contributed by atoms with Crippen molar-refractivity contribution in [3.8, 4) is 0 Å². The standard InChI is InChI=1S/C20H29N3O3/c1-4-20(2,19(26)22-16-12-8-9-13-16)23(3)17(24)14-21-18(25)15-10-6-5-7-11-15/h5-7,10-11,16H,4,8-9,12-14H2,1-3H3,(H,21,25)(H,22,26)/t20-/m0/s1. The Bertz CT molecular complexity index is 641. The maximum Gasteiger partial charge on any atom is 0.251 e. The summed E-state index contributed by atoms with van der Waals surface area (Å²) in [6.07, 6.45) is 4.76. The van der Waals surface area contributed by atoms with E-state index in [0.717, 1.165) is 25.7 Å². The van der Waals surface area contributed by atoms with Gasteiger partial charge in [0.2, 0.25) is 11.8 Å². The lowest BCUT2D eigenvalue weighted by molar-refractivity contribution is -0.145. The fraction of sp³-hybridized carbons (Fsp3) is 0.550. The monoisotopic (exact) mass is 359 g/mol. The first kappa shape index (κ1) is 19.9. The first-order chi connectivity index (χ1) is 12.4. The molecule has 0 bridgehead atoms. The van der Waals surface area contributed by atoms with Gasteiger partial charge in [-0.05, 0) is 38.3 Å². The van der Waals surface area contributed by atoms with E-state index in [0.29, 0.717) is 12.0 Å². The van der Waals surface area contributed by atoms with Crippen molar-refractivity contribution in [3.05, 3.63) is 35.9 Å². The molecule has 1 aliphatic rings. The van der Waals surface area contributed by atoms with Crippen molar-refractivity contribution in [2.75, 3.05) is 13.6 Å². The molecule has 6 nitrogen and oxygen atoms in total. The number of hydrogen-bond acceptors (Lipinski definition) is 3. The zero-order chi connectivity index (χ0) is 19.2. The summed E-state index contributed by atoms with van der Waals surface area (Å²) in [5, 5.41) is 5.70. The third kappa shape index (κ3) is 4.62. The van der Waals surface area contributed by atoms with E-state index in [-0.39, 0.29) is 30.3 Å². The van der Waals surface area contributed by atoms with Crippen LogP contribution in [0.25, 0.3) is 0 Å². The highest BCUT2D eigenvalue weighted by Crippen LogP contribution is 2.22. The van der Waals surface area contributed by atoms with Gasteiger partial charge in [0, 0.05) is 18.7 Å². The summed E-state index contributed by atoms with van der Waals surface area (Å²) in [7, 11) is 1.62. The molecule has 1 aromatic rings. The Hall–Kier alpha value is -2.37. The van der Waals surface area contributed by atoms with Crippen LogP contribution < -0.4 is 10.6 Å². The molecule has 0 aliphatic heterocycles. The van der Waals surface area contributed by atoms with E-state index in [1.54, 1.807) is 38.2 Å². The quantitative estimate of drug-likeness (QED) is 0.783. The van der Waals surface area contributed by atoms with Crippen LogP contribution >= 0.6 is 0 Å². The lowest BCUT2D eigenvalue weighted by atomic mass is 9.94. The van der Waals surface area contributed by atoms with E-state index in [4.69, 9.17) is 0 Å². The van der Waals surface area contributed by atoms with Crippen molar-refractivity contribution >= 4 is 17.7 Å². The topological polar surface area (TPSA) is 78.5 Å². The Kier molecular flexibility index (Phi) is 6.77. The van der Waals surface area contributed by atoms with E-state index < -0.39 is 5.54 Å². The maximum atomic E-state index is 12.8. The van der Waals surface area contributed by atoms with Crippen molar-refractivity contribution in [1.82, 2.24) is 15.5 Å². The largest absolute Gasteiger partial charge is 0.351 e. The molecular formula is C20H29N3O3. The lowest BCUT2D eigenvalue weighted by Crippen LogP contribution is -2.59. The first-order valence-electron chi connectivity index (χ1n) is 9.29. The van der Waals surface area contributed by atoms with Crippen LogP contribution in [0.3, 0.4) is 0 Å². The normalized spacial score (nSPS) is 16.6. The summed E-state index contributed by atoms with van der Waals surface area (Å²) < 4.78 is 0. The van der Waals surface area contributed by atoms with E-state index in [9.17, 15) is 14.4 Å². The molecule has 1 aromatic carbocycles. The molecule has 3 amide bonds. The number of carbonyl (C=O) groups excluding carboxylic acids is 3. The van der Waals surface area contributed by atoms with Gasteiger partial charge in [-0.15, -0.1) is 0 Å². The van der Waals surface area contributed by atoms with E-state index >= 15 is 0 Å². The SMILES string of the molecule is CC[C@@](C)(C(=O)NC1CCCC1)N(C)C(=O)CNC(=O)c1ccccc1. The summed E-state index contributed by atoms with van der Waals surface area (Å²) in [5.41, 5.74) is -0.433. The maximum absolute atomic E-state index is 12.8. The summed E-state index contributed by atoms with van der Waals surface area (Å²) >= 11 is 0. The minimum atomic E-state index is -0.933. The lowest BCUT2D eigenvalue weighted by Gasteiger charge is -2.37. The van der Waals surface area contributed by atoms with Gasteiger partial charge < -0.3 is 15.5 Å². The van der Waals surface area contributed by atoms with E-state index in [1.807, 2.05) is 13.0 Å². The smallest absolute Gasteiger partial charge is 0.251 e. The summed E-state index contributed by atoms with van der Waals surface area (Å²) in [6, 6.07) is 8.94. The van der Waals surface area contributed by atoms with Gasteiger partial charge in [0.15, 0.2) is 0 Å². The second kappa shape index (κ2) is 8.83. The molecule has 0 unspecified atom stereocenters. The summed E-state index contributed by atoms with van der Waals surface area (Å²) in [5.74, 6) is -0.724. The Morgan fingerprint density at radius 3 is 2.35 bits per heavy atom. The number of carbonyl (C=O) groups is 3. The molecule has 1 saturated carbocycles. The van der Waals surface area contributed by atoms with E-state index in [2.05, 4.69) is 10.6 Å². The van der Waals surface area contributed by atoms with Crippen LogP contribution in [0.5, 0.6) is 0 Å². The van der Waals surface area contributed by atoms with Crippen molar-refractivity contribution in [2.24, 2.45) is 0 Å². The van der Waals surface area contributed by atoms with Gasteiger partial charge in [0.1, 0.15) is 5.54 Å². The van der Waals surface area contributed by atoms with Gasteiger partial charge >= 0.3 is 0 Å². The highest BCUT2D eigenvalue weighted by atomic mass is 16.2. The minimum Gasteiger partial charge on any atom is -0.351 e. The van der Waals surface area contributed by atoms with Gasteiger partial charge in [-0.2, -0.15) is 0 Å². The molecule has 1 fully saturated rings. The van der Waals surface area contributed by atoms with Crippen LogP contribution in [-0.2, 0) is 9.59 Å². The summed E-state index contributed by atoms with van der Waals surface area (Å²) in [4.78, 5) is 38.9. The fourth-order valence-corrected chi connectivity index (χ4v) is 3.20. The molecule has 26 heavy (non-hydrogen) atoms. The fourth-order valence-electron chi connectivity index (χ4n) is 3.20. The molecule has 1 atom stereocenters. The second-order valence-electron chi connectivity index (χ2n) is 7.08. The number of nitrogens with one attached hydrogen (secondary N) is 2. The van der Waals surface area contributed by atoms with Crippen LogP contribution in [0.15, 0.2) is 30.3 Å². The molecular weight excluding hydrogens is 330 g/mol. The molecule has 2 rings (SSSR count). The van der Waals surface area contributed by atoms with Gasteiger partial charge in [-0.1, -0.05) is 38.0 Å². The molecule has 6 heteroatoms. The van der Waals surface area contributed by atoms with Crippen LogP contribution in [0, 0.1) is 0 Å². The zero-order valence-electron chi connectivity index (χ0n) is 15.9.